The van der Waals surface area contributed by atoms with Crippen LogP contribution in [0.25, 0.3) is 6.08 Å². The third-order valence-electron chi connectivity index (χ3n) is 4.40. The van der Waals surface area contributed by atoms with Crippen LogP contribution in [0.1, 0.15) is 41.2 Å². The molecule has 1 aliphatic heterocycles. The van der Waals surface area contributed by atoms with E-state index in [2.05, 4.69) is 5.32 Å². The normalized spacial score (nSPS) is 15.4. The molecule has 0 aliphatic carbocycles. The summed E-state index contributed by atoms with van der Waals surface area (Å²) in [5, 5.41) is 20.4. The van der Waals surface area contributed by atoms with E-state index in [0.717, 1.165) is 0 Å². The highest BCUT2D eigenvalue weighted by atomic mass is 16.5. The minimum atomic E-state index is -0.746. The van der Waals surface area contributed by atoms with E-state index in [1.54, 1.807) is 31.4 Å². The molecule has 2 rings (SSSR count). The number of hydrogen-bond acceptors (Lipinski definition) is 6. The summed E-state index contributed by atoms with van der Waals surface area (Å²) in [5.74, 6) is -1.90. The van der Waals surface area contributed by atoms with Crippen molar-refractivity contribution >= 4 is 23.9 Å². The molecule has 8 nitrogen and oxygen atoms in total. The molecule has 2 heterocycles. The maximum Gasteiger partial charge on any atom is 0.340 e. The number of ether oxygens (including phenoxy) is 1. The molecule has 2 amide bonds. The fourth-order valence-electron chi connectivity index (χ4n) is 3.04. The highest BCUT2D eigenvalue weighted by Crippen LogP contribution is 2.28. The van der Waals surface area contributed by atoms with Gasteiger partial charge in [0, 0.05) is 17.0 Å². The van der Waals surface area contributed by atoms with Crippen LogP contribution in [-0.2, 0) is 20.9 Å². The second-order valence-electron chi connectivity index (χ2n) is 5.89. The van der Waals surface area contributed by atoms with Crippen molar-refractivity contribution in [2.24, 2.45) is 0 Å². The van der Waals surface area contributed by atoms with E-state index in [-0.39, 0.29) is 29.9 Å². The molecule has 0 bridgehead atoms. The molecule has 8 heteroatoms. The highest BCUT2D eigenvalue weighted by Gasteiger charge is 2.29. The Hall–Kier alpha value is -3.65. The van der Waals surface area contributed by atoms with E-state index in [1.807, 2.05) is 6.07 Å². The van der Waals surface area contributed by atoms with Crippen molar-refractivity contribution in [1.29, 1.82) is 10.5 Å². The Balaban J connectivity index is 2.75. The molecule has 1 N–H and O–H groups in total. The first kappa shape index (κ1) is 19.7. The van der Waals surface area contributed by atoms with Gasteiger partial charge in [-0.1, -0.05) is 0 Å². The summed E-state index contributed by atoms with van der Waals surface area (Å²) in [6.07, 6.45) is 1.48. The van der Waals surface area contributed by atoms with Gasteiger partial charge >= 0.3 is 5.97 Å². The number of nitrogens with one attached hydrogen (secondary N) is 1. The van der Waals surface area contributed by atoms with Crippen LogP contribution in [-0.4, -0.2) is 29.0 Å². The van der Waals surface area contributed by atoms with Crippen LogP contribution in [0.5, 0.6) is 0 Å². The average molecular weight is 366 g/mol. The maximum atomic E-state index is 12.3. The molecule has 0 unspecified atom stereocenters. The fourth-order valence-corrected chi connectivity index (χ4v) is 3.04. The predicted octanol–water partition coefficient (Wildman–Crippen LogP) is 1.69. The SMILES string of the molecule is CCOC(=O)c1c(C)c(C=C2C(=O)NC(=O)C(C#N)=C2C)n(CC#N)c1C. The van der Waals surface area contributed by atoms with Crippen LogP contribution in [0, 0.1) is 36.5 Å². The molecule has 0 aromatic carbocycles. The van der Waals surface area contributed by atoms with Gasteiger partial charge in [0.15, 0.2) is 0 Å². The van der Waals surface area contributed by atoms with E-state index in [9.17, 15) is 14.4 Å². The quantitative estimate of drug-likeness (QED) is 0.491. The lowest BCUT2D eigenvalue weighted by atomic mass is 9.95. The minimum Gasteiger partial charge on any atom is -0.462 e. The number of carbonyl (C=O) groups is 3. The van der Waals surface area contributed by atoms with Gasteiger partial charge in [-0.05, 0) is 44.9 Å². The summed E-state index contributed by atoms with van der Waals surface area (Å²) < 4.78 is 6.68. The molecular weight excluding hydrogens is 348 g/mol. The summed E-state index contributed by atoms with van der Waals surface area (Å²) in [6, 6.07) is 3.81. The van der Waals surface area contributed by atoms with Crippen LogP contribution < -0.4 is 5.32 Å². The molecular formula is C19H18N4O4. The zero-order chi connectivity index (χ0) is 20.3. The number of hydrogen-bond donors (Lipinski definition) is 1. The topological polar surface area (TPSA) is 125 Å². The maximum absolute atomic E-state index is 12.3. The molecule has 0 radical (unpaired) electrons. The molecule has 1 aromatic rings. The first-order valence-electron chi connectivity index (χ1n) is 8.20. The first-order chi connectivity index (χ1) is 12.8. The van der Waals surface area contributed by atoms with Gasteiger partial charge < -0.3 is 9.30 Å². The van der Waals surface area contributed by atoms with Gasteiger partial charge in [0.25, 0.3) is 11.8 Å². The van der Waals surface area contributed by atoms with Crippen molar-refractivity contribution in [2.45, 2.75) is 34.2 Å². The Labute approximate surface area is 156 Å². The predicted molar refractivity (Wildman–Crippen MR) is 94.9 cm³/mol. The molecule has 0 saturated heterocycles. The van der Waals surface area contributed by atoms with Gasteiger partial charge in [-0.15, -0.1) is 0 Å². The highest BCUT2D eigenvalue weighted by molar-refractivity contribution is 6.19. The monoisotopic (exact) mass is 366 g/mol. The van der Waals surface area contributed by atoms with Crippen molar-refractivity contribution in [1.82, 2.24) is 9.88 Å². The Morgan fingerprint density at radius 3 is 2.44 bits per heavy atom. The Bertz CT molecular complexity index is 996. The number of carbonyl (C=O) groups excluding carboxylic acids is 3. The smallest absolute Gasteiger partial charge is 0.340 e. The summed E-state index contributed by atoms with van der Waals surface area (Å²) >= 11 is 0. The van der Waals surface area contributed by atoms with E-state index in [0.29, 0.717) is 22.5 Å². The lowest BCUT2D eigenvalue weighted by molar-refractivity contribution is -0.126. The molecule has 0 fully saturated rings. The lowest BCUT2D eigenvalue weighted by Gasteiger charge is -2.16. The number of nitriles is 2. The average Bonchev–Trinajstić information content (AvgIpc) is 2.83. The molecule has 27 heavy (non-hydrogen) atoms. The first-order valence-corrected chi connectivity index (χ1v) is 8.20. The van der Waals surface area contributed by atoms with Crippen LogP contribution in [0.15, 0.2) is 16.7 Å². The van der Waals surface area contributed by atoms with Crippen LogP contribution in [0.3, 0.4) is 0 Å². The van der Waals surface area contributed by atoms with E-state index < -0.39 is 17.8 Å². The van der Waals surface area contributed by atoms with Gasteiger partial charge in [0.1, 0.15) is 18.2 Å². The Morgan fingerprint density at radius 1 is 1.22 bits per heavy atom. The van der Waals surface area contributed by atoms with Gasteiger partial charge in [0.2, 0.25) is 0 Å². The van der Waals surface area contributed by atoms with Crippen LogP contribution in [0.2, 0.25) is 0 Å². The Morgan fingerprint density at radius 2 is 1.89 bits per heavy atom. The van der Waals surface area contributed by atoms with Crippen molar-refractivity contribution in [2.75, 3.05) is 6.61 Å². The third kappa shape index (κ3) is 3.38. The van der Waals surface area contributed by atoms with E-state index >= 15 is 0 Å². The van der Waals surface area contributed by atoms with Crippen molar-refractivity contribution < 1.29 is 19.1 Å². The largest absolute Gasteiger partial charge is 0.462 e. The number of nitrogens with zero attached hydrogens (tertiary/aromatic N) is 3. The number of aromatic nitrogens is 1. The second kappa shape index (κ2) is 7.71. The fraction of sp³-hybridized carbons (Fsp3) is 0.316. The molecule has 0 spiro atoms. The summed E-state index contributed by atoms with van der Waals surface area (Å²) in [7, 11) is 0. The number of amides is 2. The molecule has 138 valence electrons. The Kier molecular flexibility index (Phi) is 5.62. The number of esters is 1. The molecule has 0 saturated carbocycles. The molecule has 1 aliphatic rings. The molecule has 0 atom stereocenters. The van der Waals surface area contributed by atoms with Gasteiger partial charge in [-0.3, -0.25) is 14.9 Å². The lowest BCUT2D eigenvalue weighted by Crippen LogP contribution is -2.37. The van der Waals surface area contributed by atoms with Gasteiger partial charge in [0.05, 0.1) is 18.2 Å². The summed E-state index contributed by atoms with van der Waals surface area (Å²) in [6.45, 7) is 6.74. The number of imide groups is 1. The minimum absolute atomic E-state index is 0.0421. The standard InChI is InChI=1S/C19H18N4O4/c1-5-27-19(26)16-11(3)15(23(7-6-20)12(16)4)8-13-10(2)14(9-21)18(25)22-17(13)24/h8H,5,7H2,1-4H3,(H,22,24,25). The summed E-state index contributed by atoms with van der Waals surface area (Å²) in [5.41, 5.74) is 2.09. The second-order valence-corrected chi connectivity index (χ2v) is 5.89. The van der Waals surface area contributed by atoms with Crippen LogP contribution >= 0.6 is 0 Å². The van der Waals surface area contributed by atoms with Crippen molar-refractivity contribution in [3.63, 3.8) is 0 Å². The number of rotatable bonds is 4. The molecule has 1 aromatic heterocycles. The van der Waals surface area contributed by atoms with E-state index in [4.69, 9.17) is 15.3 Å². The van der Waals surface area contributed by atoms with E-state index in [1.165, 1.54) is 13.0 Å². The third-order valence-corrected chi connectivity index (χ3v) is 4.40. The zero-order valence-electron chi connectivity index (χ0n) is 15.5. The van der Waals surface area contributed by atoms with Crippen molar-refractivity contribution in [3.05, 3.63) is 39.2 Å². The van der Waals surface area contributed by atoms with Gasteiger partial charge in [-0.2, -0.15) is 10.5 Å². The van der Waals surface area contributed by atoms with Crippen molar-refractivity contribution in [3.8, 4) is 12.1 Å². The zero-order valence-corrected chi connectivity index (χ0v) is 15.5. The summed E-state index contributed by atoms with van der Waals surface area (Å²) in [4.78, 5) is 36.3. The van der Waals surface area contributed by atoms with Gasteiger partial charge in [-0.25, -0.2) is 4.79 Å². The van der Waals surface area contributed by atoms with Crippen LogP contribution in [0.4, 0.5) is 0 Å².